The third-order valence-electron chi connectivity index (χ3n) is 3.61. The van der Waals surface area contributed by atoms with E-state index in [1.165, 1.54) is 32.4 Å². The smallest absolute Gasteiger partial charge is 0.0449 e. The van der Waals surface area contributed by atoms with Gasteiger partial charge in [-0.15, -0.1) is 0 Å². The molecule has 0 unspecified atom stereocenters. The summed E-state index contributed by atoms with van der Waals surface area (Å²) in [4.78, 5) is 0. The quantitative estimate of drug-likeness (QED) is 0.465. The van der Waals surface area contributed by atoms with Gasteiger partial charge < -0.3 is 0 Å². The molecule has 0 amide bonds. The van der Waals surface area contributed by atoms with Crippen molar-refractivity contribution in [2.45, 2.75) is 43.2 Å². The lowest BCUT2D eigenvalue weighted by molar-refractivity contribution is 0.167. The molecule has 4 aliphatic rings. The van der Waals surface area contributed by atoms with E-state index in [0.29, 0.717) is 0 Å². The summed E-state index contributed by atoms with van der Waals surface area (Å²) in [5, 5.41) is 0. The highest BCUT2D eigenvalue weighted by Gasteiger charge is 2.42. The standard InChI is InChI=1S/C9H14Si/c1-6-2-8-4-7(1)5-9(3-6)10-8/h6-9H,1-5H2. The molecule has 2 aliphatic carbocycles. The van der Waals surface area contributed by atoms with Crippen LogP contribution >= 0.6 is 0 Å². The molecule has 54 valence electrons. The molecule has 0 atom stereocenters. The number of rotatable bonds is 0. The van der Waals surface area contributed by atoms with Gasteiger partial charge in [0.15, 0.2) is 0 Å². The zero-order valence-corrected chi connectivity index (χ0v) is 7.34. The first-order valence-corrected chi connectivity index (χ1v) is 5.81. The van der Waals surface area contributed by atoms with Gasteiger partial charge in [-0.05, 0) is 29.3 Å². The van der Waals surface area contributed by atoms with Gasteiger partial charge in [0, 0.05) is 9.52 Å². The van der Waals surface area contributed by atoms with Crippen LogP contribution in [-0.4, -0.2) is 9.52 Å². The summed E-state index contributed by atoms with van der Waals surface area (Å²) < 4.78 is 0. The first-order valence-electron chi connectivity index (χ1n) is 4.66. The van der Waals surface area contributed by atoms with Crippen LogP contribution in [0, 0.1) is 11.8 Å². The molecular formula is C9H14Si. The van der Waals surface area contributed by atoms with Gasteiger partial charge in [0.2, 0.25) is 0 Å². The van der Waals surface area contributed by atoms with Crippen LogP contribution < -0.4 is 0 Å². The summed E-state index contributed by atoms with van der Waals surface area (Å²) in [7, 11) is 1.37. The summed E-state index contributed by atoms with van der Waals surface area (Å²) in [5.74, 6) is 2.37. The van der Waals surface area contributed by atoms with E-state index in [9.17, 15) is 0 Å². The second kappa shape index (κ2) is 1.88. The molecule has 4 fully saturated rings. The molecule has 2 radical (unpaired) electrons. The van der Waals surface area contributed by atoms with Crippen molar-refractivity contribution in [1.82, 2.24) is 0 Å². The van der Waals surface area contributed by atoms with Gasteiger partial charge in [0.25, 0.3) is 0 Å². The average Bonchev–Trinajstić information content (AvgIpc) is 1.82. The van der Waals surface area contributed by atoms with Gasteiger partial charge in [0.05, 0.1) is 0 Å². The summed E-state index contributed by atoms with van der Waals surface area (Å²) in [5.41, 5.74) is 2.41. The Balaban J connectivity index is 1.90. The van der Waals surface area contributed by atoms with Gasteiger partial charge in [-0.25, -0.2) is 0 Å². The number of hydrogen-bond donors (Lipinski definition) is 0. The minimum atomic E-state index is 1.18. The Labute approximate surface area is 65.2 Å². The van der Waals surface area contributed by atoms with Gasteiger partial charge in [0.1, 0.15) is 0 Å². The van der Waals surface area contributed by atoms with Crippen molar-refractivity contribution in [2.75, 3.05) is 0 Å². The molecule has 4 bridgehead atoms. The van der Waals surface area contributed by atoms with Crippen molar-refractivity contribution in [3.05, 3.63) is 0 Å². The first kappa shape index (κ1) is 5.82. The Kier molecular flexibility index (Phi) is 1.09. The van der Waals surface area contributed by atoms with Crippen LogP contribution in [0.15, 0.2) is 0 Å². The highest BCUT2D eigenvalue weighted by Crippen LogP contribution is 2.55. The minimum absolute atomic E-state index is 1.18. The molecule has 10 heavy (non-hydrogen) atoms. The Bertz CT molecular complexity index is 96.3. The average molecular weight is 150 g/mol. The summed E-state index contributed by atoms with van der Waals surface area (Å²) in [6.45, 7) is 0. The largest absolute Gasteiger partial charge is 0.0504 e. The Morgan fingerprint density at radius 2 is 1.20 bits per heavy atom. The van der Waals surface area contributed by atoms with Crippen LogP contribution in [0.1, 0.15) is 32.1 Å². The highest BCUT2D eigenvalue weighted by atomic mass is 28.2. The van der Waals surface area contributed by atoms with E-state index >= 15 is 0 Å². The van der Waals surface area contributed by atoms with Gasteiger partial charge >= 0.3 is 0 Å². The third-order valence-corrected chi connectivity index (χ3v) is 5.50. The van der Waals surface area contributed by atoms with Crippen molar-refractivity contribution in [2.24, 2.45) is 11.8 Å². The van der Waals surface area contributed by atoms with Crippen LogP contribution in [0.2, 0.25) is 11.1 Å². The molecular weight excluding hydrogens is 136 g/mol. The lowest BCUT2D eigenvalue weighted by Crippen LogP contribution is -2.38. The van der Waals surface area contributed by atoms with Crippen LogP contribution in [-0.2, 0) is 0 Å². The summed E-state index contributed by atoms with van der Waals surface area (Å²) >= 11 is 0. The highest BCUT2D eigenvalue weighted by molar-refractivity contribution is 6.40. The van der Waals surface area contributed by atoms with E-state index in [4.69, 9.17) is 0 Å². The monoisotopic (exact) mass is 150 g/mol. The maximum atomic E-state index is 1.62. The minimum Gasteiger partial charge on any atom is -0.0504 e. The molecule has 4 rings (SSSR count). The Morgan fingerprint density at radius 1 is 0.700 bits per heavy atom. The SMILES string of the molecule is C1C2CC3CC1CC(C2)[Si]3. The molecule has 2 saturated heterocycles. The predicted molar refractivity (Wildman–Crippen MR) is 43.3 cm³/mol. The van der Waals surface area contributed by atoms with E-state index in [1.54, 1.807) is 32.1 Å². The van der Waals surface area contributed by atoms with E-state index < -0.39 is 0 Å². The Hall–Kier alpha value is 0.217. The molecule has 2 saturated carbocycles. The van der Waals surface area contributed by atoms with Crippen LogP contribution in [0.25, 0.3) is 0 Å². The normalized spacial score (nSPS) is 57.6. The molecule has 0 aromatic rings. The fourth-order valence-electron chi connectivity index (χ4n) is 3.46. The third kappa shape index (κ3) is 0.730. The van der Waals surface area contributed by atoms with E-state index in [2.05, 4.69) is 0 Å². The molecule has 0 N–H and O–H groups in total. The van der Waals surface area contributed by atoms with Gasteiger partial charge in [-0.1, -0.05) is 25.7 Å². The molecule has 0 aromatic heterocycles. The predicted octanol–water partition coefficient (Wildman–Crippen LogP) is 2.49. The van der Waals surface area contributed by atoms with Crippen molar-refractivity contribution in [3.8, 4) is 0 Å². The maximum Gasteiger partial charge on any atom is 0.0449 e. The summed E-state index contributed by atoms with van der Waals surface area (Å²) in [6.07, 6.45) is 8.07. The molecule has 2 heterocycles. The molecule has 2 aliphatic heterocycles. The van der Waals surface area contributed by atoms with Crippen LogP contribution in [0.5, 0.6) is 0 Å². The maximum absolute atomic E-state index is 1.62. The second-order valence-corrected chi connectivity index (χ2v) is 6.44. The lowest BCUT2D eigenvalue weighted by atomic mass is 9.71. The van der Waals surface area contributed by atoms with Gasteiger partial charge in [-0.3, -0.25) is 0 Å². The summed E-state index contributed by atoms with van der Waals surface area (Å²) in [6, 6.07) is 0. The number of hydrogen-bond acceptors (Lipinski definition) is 0. The van der Waals surface area contributed by atoms with Crippen LogP contribution in [0.3, 0.4) is 0 Å². The Morgan fingerprint density at radius 3 is 1.60 bits per heavy atom. The molecule has 0 spiro atoms. The zero-order chi connectivity index (χ0) is 6.55. The van der Waals surface area contributed by atoms with Crippen molar-refractivity contribution < 1.29 is 0 Å². The molecule has 1 heteroatoms. The van der Waals surface area contributed by atoms with Crippen molar-refractivity contribution in [3.63, 3.8) is 0 Å². The van der Waals surface area contributed by atoms with E-state index in [1.807, 2.05) is 0 Å². The van der Waals surface area contributed by atoms with E-state index in [0.717, 1.165) is 0 Å². The van der Waals surface area contributed by atoms with Crippen LogP contribution in [0.4, 0.5) is 0 Å². The van der Waals surface area contributed by atoms with E-state index in [-0.39, 0.29) is 0 Å². The van der Waals surface area contributed by atoms with Crippen molar-refractivity contribution >= 4 is 9.52 Å². The van der Waals surface area contributed by atoms with Gasteiger partial charge in [-0.2, -0.15) is 0 Å². The van der Waals surface area contributed by atoms with Crippen molar-refractivity contribution in [1.29, 1.82) is 0 Å². The fraction of sp³-hybridized carbons (Fsp3) is 1.00. The first-order chi connectivity index (χ1) is 4.90. The zero-order valence-electron chi connectivity index (χ0n) is 6.34. The molecule has 0 aromatic carbocycles. The topological polar surface area (TPSA) is 0 Å². The lowest BCUT2D eigenvalue weighted by Gasteiger charge is -2.49. The molecule has 0 nitrogen and oxygen atoms in total. The fourth-order valence-corrected chi connectivity index (χ4v) is 6.00. The second-order valence-electron chi connectivity index (χ2n) is 4.47.